The SMILES string of the molecule is CC(C)(C)c1nc2c(-c3cccc(-c4cc(-c5ccccc5)cc(-c5ccccc5)c4)c3)cc[c-]c2c2nc3cc4c(cc3n12)C1CCC4CC1.[Ir]. The summed E-state index contributed by atoms with van der Waals surface area (Å²) < 4.78 is 2.34. The van der Waals surface area contributed by atoms with E-state index < -0.39 is 0 Å². The van der Waals surface area contributed by atoms with Gasteiger partial charge in [-0.05, 0) is 130 Å². The van der Waals surface area contributed by atoms with E-state index in [0.717, 1.165) is 39.0 Å². The molecule has 2 aromatic heterocycles. The van der Waals surface area contributed by atoms with E-state index in [1.165, 1.54) is 70.1 Å². The fourth-order valence-corrected chi connectivity index (χ4v) is 8.88. The fourth-order valence-electron chi connectivity index (χ4n) is 8.88. The van der Waals surface area contributed by atoms with Crippen molar-refractivity contribution in [2.45, 2.75) is 63.7 Å². The molecule has 3 aliphatic rings. The molecular formula is C48H40IrN3-. The Hall–Kier alpha value is -4.89. The van der Waals surface area contributed by atoms with Crippen molar-refractivity contribution in [1.29, 1.82) is 0 Å². The third-order valence-electron chi connectivity index (χ3n) is 11.4. The molecule has 8 aromatic rings. The molecular weight excluding hydrogens is 811 g/mol. The van der Waals surface area contributed by atoms with E-state index in [0.29, 0.717) is 11.8 Å². The van der Waals surface area contributed by atoms with Gasteiger partial charge in [0.15, 0.2) is 0 Å². The van der Waals surface area contributed by atoms with E-state index in [9.17, 15) is 0 Å². The number of imidazole rings is 1. The first-order chi connectivity index (χ1) is 24.9. The maximum atomic E-state index is 5.54. The molecule has 3 aliphatic carbocycles. The number of rotatable bonds is 4. The van der Waals surface area contributed by atoms with Crippen LogP contribution in [-0.4, -0.2) is 14.4 Å². The van der Waals surface area contributed by atoms with Crippen LogP contribution < -0.4 is 0 Å². The van der Waals surface area contributed by atoms with Gasteiger partial charge in [0.2, 0.25) is 0 Å². The Morgan fingerprint density at radius 2 is 1.12 bits per heavy atom. The molecule has 0 atom stereocenters. The van der Waals surface area contributed by atoms with Gasteiger partial charge in [0.05, 0.1) is 16.7 Å². The minimum absolute atomic E-state index is 0. The van der Waals surface area contributed by atoms with Crippen LogP contribution in [0.25, 0.3) is 72.1 Å². The van der Waals surface area contributed by atoms with Crippen molar-refractivity contribution in [2.24, 2.45) is 0 Å². The summed E-state index contributed by atoms with van der Waals surface area (Å²) in [6, 6.07) is 49.9. The number of nitrogens with zero attached hydrogens (tertiary/aromatic N) is 3. The van der Waals surface area contributed by atoms with Gasteiger partial charge in [-0.15, -0.1) is 18.2 Å². The third-order valence-corrected chi connectivity index (χ3v) is 11.4. The molecule has 6 aromatic carbocycles. The van der Waals surface area contributed by atoms with Crippen molar-refractivity contribution in [2.75, 3.05) is 0 Å². The molecule has 2 heterocycles. The number of benzene rings is 6. The predicted molar refractivity (Wildman–Crippen MR) is 211 cm³/mol. The van der Waals surface area contributed by atoms with Crippen LogP contribution in [0.4, 0.5) is 0 Å². The molecule has 257 valence electrons. The molecule has 0 saturated heterocycles. The van der Waals surface area contributed by atoms with Crippen LogP contribution in [-0.2, 0) is 25.5 Å². The smallest absolute Gasteiger partial charge is 0.102 e. The quantitative estimate of drug-likeness (QED) is 0.165. The first kappa shape index (κ1) is 33.0. The Morgan fingerprint density at radius 1 is 0.577 bits per heavy atom. The van der Waals surface area contributed by atoms with Gasteiger partial charge in [-0.1, -0.05) is 111 Å². The molecule has 1 fully saturated rings. The molecule has 0 aliphatic heterocycles. The van der Waals surface area contributed by atoms with E-state index in [4.69, 9.17) is 9.97 Å². The zero-order chi connectivity index (χ0) is 34.3. The van der Waals surface area contributed by atoms with Crippen molar-refractivity contribution >= 4 is 27.6 Å². The number of hydrogen-bond acceptors (Lipinski definition) is 2. The van der Waals surface area contributed by atoms with Crippen molar-refractivity contribution in [3.63, 3.8) is 0 Å². The van der Waals surface area contributed by atoms with Gasteiger partial charge >= 0.3 is 0 Å². The van der Waals surface area contributed by atoms with Crippen molar-refractivity contribution < 1.29 is 20.1 Å². The van der Waals surface area contributed by atoms with Crippen LogP contribution in [0, 0.1) is 6.07 Å². The van der Waals surface area contributed by atoms with E-state index >= 15 is 0 Å². The number of aromatic nitrogens is 3. The zero-order valence-corrected chi connectivity index (χ0v) is 32.2. The van der Waals surface area contributed by atoms with Gasteiger partial charge in [-0.2, -0.15) is 0 Å². The van der Waals surface area contributed by atoms with Gasteiger partial charge in [-0.25, -0.2) is 0 Å². The second-order valence-corrected chi connectivity index (χ2v) is 15.7. The van der Waals surface area contributed by atoms with Crippen molar-refractivity contribution in [3.05, 3.63) is 150 Å². The standard InChI is InChI=1S/C48H40N3.Ir/c1-48(2,3)47-50-45-39(18-11-19-40(45)46-49-43-28-41-32-20-22-33(23-21-32)42(41)29-44(43)51(46)47)35-17-10-16-34(24-35)38-26-36(30-12-6-4-7-13-30)25-37(27-38)31-14-8-5-9-15-31;/h4-18,24-29,32-33H,20-23H2,1-3H3;/q-1;. The molecule has 2 bridgehead atoms. The van der Waals surface area contributed by atoms with Gasteiger partial charge in [0.25, 0.3) is 0 Å². The number of fused-ring (bicyclic) bond motifs is 7. The van der Waals surface area contributed by atoms with E-state index in [2.05, 4.69) is 159 Å². The molecule has 1 saturated carbocycles. The Kier molecular flexibility index (Phi) is 8.03. The summed E-state index contributed by atoms with van der Waals surface area (Å²) >= 11 is 0. The molecule has 52 heavy (non-hydrogen) atoms. The second-order valence-electron chi connectivity index (χ2n) is 15.7. The average Bonchev–Trinajstić information content (AvgIpc) is 3.56. The minimum Gasteiger partial charge on any atom is -0.321 e. The Bertz CT molecular complexity index is 2570. The molecule has 1 radical (unpaired) electrons. The summed E-state index contributed by atoms with van der Waals surface area (Å²) in [7, 11) is 0. The summed E-state index contributed by atoms with van der Waals surface area (Å²) in [5.41, 5.74) is 16.5. The van der Waals surface area contributed by atoms with E-state index in [-0.39, 0.29) is 25.5 Å². The van der Waals surface area contributed by atoms with Gasteiger partial charge < -0.3 is 4.40 Å². The average molecular weight is 851 g/mol. The molecule has 0 unspecified atom stereocenters. The van der Waals surface area contributed by atoms with Gasteiger partial charge in [0.1, 0.15) is 5.82 Å². The van der Waals surface area contributed by atoms with Gasteiger partial charge in [-0.3, -0.25) is 9.97 Å². The van der Waals surface area contributed by atoms with Crippen LogP contribution in [0.5, 0.6) is 0 Å². The summed E-state index contributed by atoms with van der Waals surface area (Å²) in [6.45, 7) is 6.80. The third kappa shape index (κ3) is 5.43. The first-order valence-corrected chi connectivity index (χ1v) is 18.5. The molecule has 11 rings (SSSR count). The van der Waals surface area contributed by atoms with Crippen molar-refractivity contribution in [3.8, 4) is 44.5 Å². The fraction of sp³-hybridized carbons (Fsp3) is 0.208. The largest absolute Gasteiger partial charge is 0.321 e. The first-order valence-electron chi connectivity index (χ1n) is 18.5. The molecule has 3 nitrogen and oxygen atoms in total. The number of hydrogen-bond donors (Lipinski definition) is 0. The summed E-state index contributed by atoms with van der Waals surface area (Å²) in [4.78, 5) is 10.9. The summed E-state index contributed by atoms with van der Waals surface area (Å²) in [5.74, 6) is 2.39. The Morgan fingerprint density at radius 3 is 1.73 bits per heavy atom. The second kappa shape index (κ2) is 12.7. The Labute approximate surface area is 319 Å². The van der Waals surface area contributed by atoms with Crippen molar-refractivity contribution in [1.82, 2.24) is 14.4 Å². The summed E-state index contributed by atoms with van der Waals surface area (Å²) in [6.07, 6.45) is 5.25. The van der Waals surface area contributed by atoms with Crippen LogP contribution in [0.3, 0.4) is 0 Å². The normalized spacial score (nSPS) is 16.7. The monoisotopic (exact) mass is 851 g/mol. The zero-order valence-electron chi connectivity index (χ0n) is 29.8. The predicted octanol–water partition coefficient (Wildman–Crippen LogP) is 12.6. The van der Waals surface area contributed by atoms with Crippen LogP contribution in [0.1, 0.15) is 75.2 Å². The molecule has 0 N–H and O–H groups in total. The molecule has 4 heteroatoms. The van der Waals surface area contributed by atoms with E-state index in [1.807, 2.05) is 0 Å². The van der Waals surface area contributed by atoms with Crippen LogP contribution in [0.15, 0.2) is 127 Å². The van der Waals surface area contributed by atoms with Gasteiger partial charge in [0, 0.05) is 25.5 Å². The maximum absolute atomic E-state index is 5.54. The minimum atomic E-state index is -0.199. The van der Waals surface area contributed by atoms with Crippen LogP contribution >= 0.6 is 0 Å². The van der Waals surface area contributed by atoms with Crippen LogP contribution in [0.2, 0.25) is 0 Å². The molecule has 0 spiro atoms. The summed E-state index contributed by atoms with van der Waals surface area (Å²) in [5, 5.41) is 0.973. The Balaban J connectivity index is 0.00000360. The van der Waals surface area contributed by atoms with E-state index in [1.54, 1.807) is 5.56 Å². The topological polar surface area (TPSA) is 30.2 Å². The molecule has 0 amide bonds. The maximum Gasteiger partial charge on any atom is 0.102 e.